The minimum absolute atomic E-state index is 0.00226. The van der Waals surface area contributed by atoms with Gasteiger partial charge in [-0.05, 0) is 24.3 Å². The topological polar surface area (TPSA) is 66.8 Å². The van der Waals surface area contributed by atoms with Crippen LogP contribution in [0.4, 0.5) is 13.2 Å². The number of aromatic hydroxyl groups is 1. The highest BCUT2D eigenvalue weighted by atomic mass is 35.5. The SMILES string of the molecule is O=C(O)C1=Cc2cccc(Cl)c2OC1C(F)(F)F.Oc1ccccc1Cl. The molecule has 0 spiro atoms. The molecular formula is C17H11Cl2F3O4. The van der Waals surface area contributed by atoms with Gasteiger partial charge in [-0.25, -0.2) is 4.79 Å². The van der Waals surface area contributed by atoms with Crippen molar-refractivity contribution in [1.82, 2.24) is 0 Å². The summed E-state index contributed by atoms with van der Waals surface area (Å²) in [6, 6.07) is 11.0. The molecule has 0 saturated carbocycles. The predicted molar refractivity (Wildman–Crippen MR) is 90.7 cm³/mol. The molecule has 1 aliphatic heterocycles. The monoisotopic (exact) mass is 406 g/mol. The molecule has 0 radical (unpaired) electrons. The number of para-hydroxylation sites is 2. The van der Waals surface area contributed by atoms with Crippen molar-refractivity contribution in [2.24, 2.45) is 0 Å². The van der Waals surface area contributed by atoms with Gasteiger partial charge in [-0.3, -0.25) is 0 Å². The Morgan fingerprint density at radius 1 is 1.04 bits per heavy atom. The molecule has 138 valence electrons. The fourth-order valence-corrected chi connectivity index (χ4v) is 2.42. The Bertz CT molecular complexity index is 829. The average Bonchev–Trinajstić information content (AvgIpc) is 2.56. The van der Waals surface area contributed by atoms with Crippen LogP contribution >= 0.6 is 23.2 Å². The second-order valence-electron chi connectivity index (χ2n) is 5.05. The van der Waals surface area contributed by atoms with Crippen molar-refractivity contribution in [3.8, 4) is 11.5 Å². The van der Waals surface area contributed by atoms with E-state index in [0.29, 0.717) is 5.02 Å². The van der Waals surface area contributed by atoms with E-state index in [9.17, 15) is 18.0 Å². The molecule has 0 bridgehead atoms. The summed E-state index contributed by atoms with van der Waals surface area (Å²) in [6.07, 6.45) is -6.41. The minimum atomic E-state index is -4.82. The zero-order chi connectivity index (χ0) is 19.5. The third-order valence-electron chi connectivity index (χ3n) is 3.22. The number of alkyl halides is 3. The molecule has 3 rings (SSSR count). The fraction of sp³-hybridized carbons (Fsp3) is 0.118. The molecule has 0 fully saturated rings. The molecule has 1 atom stereocenters. The highest BCUT2D eigenvalue weighted by molar-refractivity contribution is 6.32. The van der Waals surface area contributed by atoms with Gasteiger partial charge in [-0.1, -0.05) is 47.5 Å². The van der Waals surface area contributed by atoms with E-state index in [0.717, 1.165) is 6.08 Å². The number of hydrogen-bond donors (Lipinski definition) is 2. The molecule has 0 saturated heterocycles. The summed E-state index contributed by atoms with van der Waals surface area (Å²) in [5, 5.41) is 18.0. The van der Waals surface area contributed by atoms with Crippen LogP contribution in [0.2, 0.25) is 10.0 Å². The maximum atomic E-state index is 12.7. The lowest BCUT2D eigenvalue weighted by Gasteiger charge is -2.27. The number of carboxylic acid groups (broad SMARTS) is 1. The van der Waals surface area contributed by atoms with Crippen molar-refractivity contribution in [3.63, 3.8) is 0 Å². The second-order valence-corrected chi connectivity index (χ2v) is 5.87. The summed E-state index contributed by atoms with van der Waals surface area (Å²) >= 11 is 11.2. The van der Waals surface area contributed by atoms with Gasteiger partial charge in [0.1, 0.15) is 11.5 Å². The molecule has 0 aliphatic carbocycles. The first-order valence-corrected chi connectivity index (χ1v) is 7.77. The van der Waals surface area contributed by atoms with Gasteiger partial charge in [0.15, 0.2) is 0 Å². The van der Waals surface area contributed by atoms with Crippen LogP contribution in [0.3, 0.4) is 0 Å². The van der Waals surface area contributed by atoms with Crippen LogP contribution in [-0.2, 0) is 4.79 Å². The van der Waals surface area contributed by atoms with E-state index in [4.69, 9.17) is 38.2 Å². The highest BCUT2D eigenvalue weighted by Crippen LogP contribution is 2.40. The summed E-state index contributed by atoms with van der Waals surface area (Å²) in [7, 11) is 0. The lowest BCUT2D eigenvalue weighted by Crippen LogP contribution is -2.40. The molecule has 0 amide bonds. The van der Waals surface area contributed by atoms with E-state index in [-0.39, 0.29) is 22.1 Å². The average molecular weight is 407 g/mol. The van der Waals surface area contributed by atoms with Crippen molar-refractivity contribution >= 4 is 35.2 Å². The van der Waals surface area contributed by atoms with Crippen molar-refractivity contribution in [2.45, 2.75) is 12.3 Å². The van der Waals surface area contributed by atoms with Crippen LogP contribution in [0, 0.1) is 0 Å². The van der Waals surface area contributed by atoms with E-state index >= 15 is 0 Å². The van der Waals surface area contributed by atoms with E-state index in [1.54, 1.807) is 24.3 Å². The zero-order valence-electron chi connectivity index (χ0n) is 12.8. The number of ether oxygens (including phenoxy) is 1. The molecular weight excluding hydrogens is 396 g/mol. The Labute approximate surface area is 156 Å². The van der Waals surface area contributed by atoms with Crippen LogP contribution in [0.15, 0.2) is 48.0 Å². The zero-order valence-corrected chi connectivity index (χ0v) is 14.3. The van der Waals surface area contributed by atoms with E-state index in [1.807, 2.05) is 0 Å². The van der Waals surface area contributed by atoms with Crippen LogP contribution in [0.5, 0.6) is 11.5 Å². The fourth-order valence-electron chi connectivity index (χ4n) is 2.06. The van der Waals surface area contributed by atoms with Crippen molar-refractivity contribution in [2.75, 3.05) is 0 Å². The van der Waals surface area contributed by atoms with Gasteiger partial charge in [0, 0.05) is 5.56 Å². The van der Waals surface area contributed by atoms with Gasteiger partial charge in [0.25, 0.3) is 0 Å². The van der Waals surface area contributed by atoms with Gasteiger partial charge >= 0.3 is 12.1 Å². The largest absolute Gasteiger partial charge is 0.506 e. The molecule has 4 nitrogen and oxygen atoms in total. The minimum Gasteiger partial charge on any atom is -0.506 e. The Morgan fingerprint density at radius 2 is 1.65 bits per heavy atom. The third kappa shape index (κ3) is 4.62. The standard InChI is InChI=1S/C11H6ClF3O3.C6H5ClO/c12-7-3-1-2-5-4-6(10(16)17)9(11(13,14)15)18-8(5)7;7-5-3-1-2-4-6(5)8/h1-4,9H,(H,16,17);1-4,8H. The van der Waals surface area contributed by atoms with Gasteiger partial charge in [0.2, 0.25) is 6.10 Å². The number of halogens is 5. The molecule has 2 aromatic rings. The number of carbonyl (C=O) groups is 1. The third-order valence-corrected chi connectivity index (χ3v) is 3.84. The first kappa shape index (κ1) is 19.9. The summed E-state index contributed by atoms with van der Waals surface area (Å²) < 4.78 is 42.8. The molecule has 1 unspecified atom stereocenters. The Kier molecular flexibility index (Phi) is 6.05. The smallest absolute Gasteiger partial charge is 0.430 e. The Hall–Kier alpha value is -2.38. The van der Waals surface area contributed by atoms with Crippen LogP contribution < -0.4 is 4.74 Å². The Morgan fingerprint density at radius 3 is 2.15 bits per heavy atom. The van der Waals surface area contributed by atoms with Gasteiger partial charge in [-0.15, -0.1) is 0 Å². The number of fused-ring (bicyclic) bond motifs is 1. The number of carboxylic acids is 1. The molecule has 2 aromatic carbocycles. The maximum Gasteiger partial charge on any atom is 0.430 e. The van der Waals surface area contributed by atoms with Crippen LogP contribution in [0.25, 0.3) is 6.08 Å². The van der Waals surface area contributed by atoms with Crippen molar-refractivity contribution in [3.05, 3.63) is 63.6 Å². The lowest BCUT2D eigenvalue weighted by molar-refractivity contribution is -0.187. The van der Waals surface area contributed by atoms with Gasteiger partial charge < -0.3 is 14.9 Å². The van der Waals surface area contributed by atoms with Gasteiger partial charge in [-0.2, -0.15) is 13.2 Å². The Balaban J connectivity index is 0.000000254. The normalized spacial score (nSPS) is 15.7. The second kappa shape index (κ2) is 7.88. The summed E-state index contributed by atoms with van der Waals surface area (Å²) in [6.45, 7) is 0. The highest BCUT2D eigenvalue weighted by Gasteiger charge is 2.48. The number of hydrogen-bond acceptors (Lipinski definition) is 3. The van der Waals surface area contributed by atoms with Crippen LogP contribution in [0.1, 0.15) is 5.56 Å². The van der Waals surface area contributed by atoms with E-state index < -0.39 is 23.8 Å². The first-order chi connectivity index (χ1) is 12.1. The number of rotatable bonds is 1. The van der Waals surface area contributed by atoms with E-state index in [1.165, 1.54) is 18.2 Å². The molecule has 1 heterocycles. The van der Waals surface area contributed by atoms with Crippen molar-refractivity contribution in [1.29, 1.82) is 0 Å². The van der Waals surface area contributed by atoms with E-state index in [2.05, 4.69) is 0 Å². The number of phenols is 1. The summed E-state index contributed by atoms with van der Waals surface area (Å²) in [5.41, 5.74) is -0.655. The number of aliphatic carboxylic acids is 1. The lowest BCUT2D eigenvalue weighted by atomic mass is 10.0. The number of phenolic OH excluding ortho intramolecular Hbond substituents is 1. The molecule has 1 aliphatic rings. The number of benzene rings is 2. The molecule has 2 N–H and O–H groups in total. The predicted octanol–water partition coefficient (Wildman–Crippen LogP) is 5.18. The molecule has 9 heteroatoms. The summed E-state index contributed by atoms with van der Waals surface area (Å²) in [4.78, 5) is 10.8. The van der Waals surface area contributed by atoms with Crippen molar-refractivity contribution < 1.29 is 32.9 Å². The first-order valence-electron chi connectivity index (χ1n) is 7.01. The maximum absolute atomic E-state index is 12.7. The van der Waals surface area contributed by atoms with Gasteiger partial charge in [0.05, 0.1) is 15.6 Å². The quantitative estimate of drug-likeness (QED) is 0.684. The van der Waals surface area contributed by atoms with Crippen LogP contribution in [-0.4, -0.2) is 28.5 Å². The molecule has 0 aromatic heterocycles. The molecule has 26 heavy (non-hydrogen) atoms. The summed E-state index contributed by atoms with van der Waals surface area (Å²) in [5.74, 6) is -1.70.